The second-order valence-corrected chi connectivity index (χ2v) is 3.82. The van der Waals surface area contributed by atoms with Gasteiger partial charge in [0, 0.05) is 18.5 Å². The first-order valence-electron chi connectivity index (χ1n) is 5.26. The number of halogens is 1. The van der Waals surface area contributed by atoms with Crippen LogP contribution in [-0.2, 0) is 0 Å². The Kier molecular flexibility index (Phi) is 5.38. The van der Waals surface area contributed by atoms with E-state index in [-0.39, 0.29) is 22.9 Å². The van der Waals surface area contributed by atoms with Crippen molar-refractivity contribution in [3.8, 4) is 5.75 Å². The molecule has 0 saturated heterocycles. The lowest BCUT2D eigenvalue weighted by atomic mass is 10.1. The van der Waals surface area contributed by atoms with Crippen LogP contribution in [-0.4, -0.2) is 30.4 Å². The number of nitrogens with zero attached hydrogens (tertiary/aromatic N) is 1. The van der Waals surface area contributed by atoms with Gasteiger partial charge in [-0.3, -0.25) is 14.9 Å². The number of ether oxygens (including phenoxy) is 1. The number of nitro benzene ring substituents is 1. The highest BCUT2D eigenvalue weighted by Crippen LogP contribution is 2.24. The molecule has 0 unspecified atom stereocenters. The van der Waals surface area contributed by atoms with E-state index in [1.165, 1.54) is 25.3 Å². The molecule has 0 spiro atoms. The van der Waals surface area contributed by atoms with Crippen LogP contribution in [0, 0.1) is 10.1 Å². The zero-order valence-corrected chi connectivity index (χ0v) is 10.6. The monoisotopic (exact) mass is 272 g/mol. The quantitative estimate of drug-likeness (QED) is 0.371. The average molecular weight is 273 g/mol. The molecule has 0 aliphatic carbocycles. The van der Waals surface area contributed by atoms with Gasteiger partial charge in [-0.05, 0) is 12.5 Å². The van der Waals surface area contributed by atoms with Crippen LogP contribution >= 0.6 is 11.6 Å². The van der Waals surface area contributed by atoms with Crippen LogP contribution in [0.1, 0.15) is 16.8 Å². The number of alkyl halides is 1. The molecule has 0 aliphatic heterocycles. The number of methoxy groups -OCH3 is 1. The van der Waals surface area contributed by atoms with Crippen LogP contribution in [0.4, 0.5) is 5.69 Å². The summed E-state index contributed by atoms with van der Waals surface area (Å²) in [7, 11) is 1.36. The minimum absolute atomic E-state index is 0.121. The standard InChI is InChI=1S/C11H13ClN2O4/c1-18-10-7-8(14(16)17)3-4-9(10)11(15)13-6-2-5-12/h3-4,7H,2,5-6H2,1H3,(H,13,15). The Morgan fingerprint density at radius 2 is 2.28 bits per heavy atom. The van der Waals surface area contributed by atoms with Crippen molar-refractivity contribution in [3.05, 3.63) is 33.9 Å². The summed E-state index contributed by atoms with van der Waals surface area (Å²) < 4.78 is 4.97. The van der Waals surface area contributed by atoms with Gasteiger partial charge in [0.2, 0.25) is 0 Å². The van der Waals surface area contributed by atoms with Gasteiger partial charge in [0.15, 0.2) is 0 Å². The molecule has 1 amide bonds. The summed E-state index contributed by atoms with van der Waals surface area (Å²) in [6.07, 6.45) is 0.655. The molecule has 18 heavy (non-hydrogen) atoms. The fourth-order valence-electron chi connectivity index (χ4n) is 1.35. The van der Waals surface area contributed by atoms with Crippen LogP contribution in [0.15, 0.2) is 18.2 Å². The van der Waals surface area contributed by atoms with Gasteiger partial charge in [-0.25, -0.2) is 0 Å². The molecular formula is C11H13ClN2O4. The molecule has 0 atom stereocenters. The second kappa shape index (κ2) is 6.80. The van der Waals surface area contributed by atoms with Crippen molar-refractivity contribution in [1.29, 1.82) is 0 Å². The van der Waals surface area contributed by atoms with Crippen molar-refractivity contribution in [2.24, 2.45) is 0 Å². The Labute approximate surface area is 109 Å². The third kappa shape index (κ3) is 3.59. The van der Waals surface area contributed by atoms with Crippen molar-refractivity contribution >= 4 is 23.2 Å². The minimum atomic E-state index is -0.544. The molecule has 7 heteroatoms. The fourth-order valence-corrected chi connectivity index (χ4v) is 1.48. The first-order chi connectivity index (χ1) is 8.60. The van der Waals surface area contributed by atoms with E-state index in [1.54, 1.807) is 0 Å². The molecule has 1 aromatic rings. The Bertz CT molecular complexity index is 451. The Morgan fingerprint density at radius 1 is 1.56 bits per heavy atom. The zero-order valence-electron chi connectivity index (χ0n) is 9.81. The summed E-state index contributed by atoms with van der Waals surface area (Å²) in [6.45, 7) is 0.447. The van der Waals surface area contributed by atoms with Crippen LogP contribution < -0.4 is 10.1 Å². The molecule has 0 aromatic heterocycles. The number of hydrogen-bond donors (Lipinski definition) is 1. The summed E-state index contributed by atoms with van der Waals surface area (Å²) in [4.78, 5) is 21.8. The fraction of sp³-hybridized carbons (Fsp3) is 0.364. The zero-order chi connectivity index (χ0) is 13.5. The molecule has 0 heterocycles. The van der Waals surface area contributed by atoms with E-state index in [9.17, 15) is 14.9 Å². The van der Waals surface area contributed by atoms with E-state index in [0.29, 0.717) is 18.8 Å². The second-order valence-electron chi connectivity index (χ2n) is 3.44. The number of carbonyl (C=O) groups is 1. The molecule has 0 radical (unpaired) electrons. The van der Waals surface area contributed by atoms with E-state index in [0.717, 1.165) is 0 Å². The number of nitrogens with one attached hydrogen (secondary N) is 1. The molecule has 1 rings (SSSR count). The first kappa shape index (κ1) is 14.2. The topological polar surface area (TPSA) is 81.5 Å². The van der Waals surface area contributed by atoms with Crippen molar-refractivity contribution in [2.75, 3.05) is 19.5 Å². The third-order valence-electron chi connectivity index (χ3n) is 2.24. The molecule has 98 valence electrons. The average Bonchev–Trinajstić information content (AvgIpc) is 2.38. The maximum atomic E-state index is 11.8. The van der Waals surface area contributed by atoms with Crippen molar-refractivity contribution in [1.82, 2.24) is 5.32 Å². The van der Waals surface area contributed by atoms with Gasteiger partial charge in [0.25, 0.3) is 11.6 Å². The predicted octanol–water partition coefficient (Wildman–Crippen LogP) is 1.96. The van der Waals surface area contributed by atoms with Crippen LogP contribution in [0.3, 0.4) is 0 Å². The summed E-state index contributed by atoms with van der Waals surface area (Å²) in [5.74, 6) is 0.289. The molecule has 0 bridgehead atoms. The van der Waals surface area contributed by atoms with E-state index in [2.05, 4.69) is 5.32 Å². The van der Waals surface area contributed by atoms with Crippen molar-refractivity contribution in [3.63, 3.8) is 0 Å². The van der Waals surface area contributed by atoms with Gasteiger partial charge in [0.1, 0.15) is 5.75 Å². The van der Waals surface area contributed by atoms with Gasteiger partial charge in [-0.2, -0.15) is 0 Å². The van der Waals surface area contributed by atoms with Gasteiger partial charge in [-0.15, -0.1) is 11.6 Å². The van der Waals surface area contributed by atoms with Crippen molar-refractivity contribution in [2.45, 2.75) is 6.42 Å². The van der Waals surface area contributed by atoms with Gasteiger partial charge < -0.3 is 10.1 Å². The van der Waals surface area contributed by atoms with Gasteiger partial charge in [-0.1, -0.05) is 0 Å². The number of amides is 1. The van der Waals surface area contributed by atoms with E-state index in [4.69, 9.17) is 16.3 Å². The van der Waals surface area contributed by atoms with E-state index in [1.807, 2.05) is 0 Å². The number of hydrogen-bond acceptors (Lipinski definition) is 4. The number of benzene rings is 1. The Morgan fingerprint density at radius 3 is 2.83 bits per heavy atom. The summed E-state index contributed by atoms with van der Waals surface area (Å²) in [5, 5.41) is 13.2. The molecule has 6 nitrogen and oxygen atoms in total. The highest BCUT2D eigenvalue weighted by molar-refractivity contribution is 6.17. The lowest BCUT2D eigenvalue weighted by Gasteiger charge is -2.08. The Hall–Kier alpha value is -1.82. The highest BCUT2D eigenvalue weighted by Gasteiger charge is 2.16. The predicted molar refractivity (Wildman–Crippen MR) is 67.3 cm³/mol. The highest BCUT2D eigenvalue weighted by atomic mass is 35.5. The number of non-ortho nitro benzene ring substituents is 1. The molecule has 0 fully saturated rings. The van der Waals surface area contributed by atoms with Gasteiger partial charge >= 0.3 is 0 Å². The maximum Gasteiger partial charge on any atom is 0.273 e. The normalized spacial score (nSPS) is 9.89. The van der Waals surface area contributed by atoms with E-state index < -0.39 is 4.92 Å². The molecule has 1 aromatic carbocycles. The first-order valence-corrected chi connectivity index (χ1v) is 5.80. The number of rotatable bonds is 6. The molecular weight excluding hydrogens is 260 g/mol. The summed E-state index contributed by atoms with van der Waals surface area (Å²) >= 11 is 5.49. The third-order valence-corrected chi connectivity index (χ3v) is 2.50. The van der Waals surface area contributed by atoms with E-state index >= 15 is 0 Å². The number of carbonyl (C=O) groups excluding carboxylic acids is 1. The van der Waals surface area contributed by atoms with Crippen LogP contribution in [0.25, 0.3) is 0 Å². The molecule has 0 aliphatic rings. The SMILES string of the molecule is COc1cc([N+](=O)[O-])ccc1C(=O)NCCCCl. The lowest BCUT2D eigenvalue weighted by Crippen LogP contribution is -2.25. The summed E-state index contributed by atoms with van der Waals surface area (Å²) in [6, 6.07) is 3.85. The number of nitro groups is 1. The van der Waals surface area contributed by atoms with Gasteiger partial charge in [0.05, 0.1) is 23.7 Å². The lowest BCUT2D eigenvalue weighted by molar-refractivity contribution is -0.384. The Balaban J connectivity index is 2.88. The maximum absolute atomic E-state index is 11.8. The molecule has 0 saturated carbocycles. The smallest absolute Gasteiger partial charge is 0.273 e. The van der Waals surface area contributed by atoms with Crippen LogP contribution in [0.2, 0.25) is 0 Å². The minimum Gasteiger partial charge on any atom is -0.496 e. The molecule has 1 N–H and O–H groups in total. The van der Waals surface area contributed by atoms with Crippen LogP contribution in [0.5, 0.6) is 5.75 Å². The summed E-state index contributed by atoms with van der Waals surface area (Å²) in [5.41, 5.74) is 0.141. The van der Waals surface area contributed by atoms with Crippen molar-refractivity contribution < 1.29 is 14.5 Å². The largest absolute Gasteiger partial charge is 0.496 e.